The van der Waals surface area contributed by atoms with Crippen molar-refractivity contribution in [2.45, 2.75) is 63.1 Å². The quantitative estimate of drug-likeness (QED) is 0.285. The molecule has 5 heterocycles. The van der Waals surface area contributed by atoms with Gasteiger partial charge in [0.1, 0.15) is 11.4 Å². The Bertz CT molecular complexity index is 1770. The van der Waals surface area contributed by atoms with E-state index in [1.54, 1.807) is 12.3 Å². The second kappa shape index (κ2) is 13.4. The van der Waals surface area contributed by atoms with Crippen molar-refractivity contribution in [2.24, 2.45) is 0 Å². The number of hydrogen-bond acceptors (Lipinski definition) is 9. The zero-order valence-electron chi connectivity index (χ0n) is 28.0. The average Bonchev–Trinajstić information content (AvgIpc) is 3.45. The number of ether oxygens (including phenoxy) is 1. The van der Waals surface area contributed by atoms with Crippen LogP contribution in [0.3, 0.4) is 0 Å². The highest BCUT2D eigenvalue weighted by Crippen LogP contribution is 2.40. The highest BCUT2D eigenvalue weighted by atomic mass is 19.1. The fourth-order valence-electron chi connectivity index (χ4n) is 7.61. The summed E-state index contributed by atoms with van der Waals surface area (Å²) in [5.41, 5.74) is 2.28. The van der Waals surface area contributed by atoms with Crippen LogP contribution in [0.2, 0.25) is 0 Å². The van der Waals surface area contributed by atoms with Crippen LogP contribution in [0.5, 0.6) is 5.75 Å². The topological polar surface area (TPSA) is 112 Å². The number of methoxy groups -OCH3 is 1. The third kappa shape index (κ3) is 6.48. The molecule has 7 rings (SSSR count). The number of fused-ring (bicyclic) bond motifs is 1. The molecule has 0 unspecified atom stereocenters. The number of rotatable bonds is 7. The largest absolute Gasteiger partial charge is 0.496 e. The van der Waals surface area contributed by atoms with Crippen molar-refractivity contribution in [3.63, 3.8) is 0 Å². The molecule has 48 heavy (non-hydrogen) atoms. The maximum atomic E-state index is 15.9. The van der Waals surface area contributed by atoms with Crippen LogP contribution in [-0.2, 0) is 0 Å². The minimum Gasteiger partial charge on any atom is -0.496 e. The molecule has 2 aliphatic heterocycles. The second-order valence-electron chi connectivity index (χ2n) is 13.8. The molecule has 12 heteroatoms. The molecule has 4 aromatic rings. The Kier molecular flexibility index (Phi) is 9.06. The fourth-order valence-corrected chi connectivity index (χ4v) is 7.61. The van der Waals surface area contributed by atoms with E-state index in [2.05, 4.69) is 53.7 Å². The molecule has 2 N–H and O–H groups in total. The van der Waals surface area contributed by atoms with Gasteiger partial charge in [0, 0.05) is 75.6 Å². The summed E-state index contributed by atoms with van der Waals surface area (Å²) in [6.07, 6.45) is 9.43. The molecule has 11 nitrogen and oxygen atoms in total. The number of nitrogens with zero attached hydrogens (tertiary/aromatic N) is 7. The summed E-state index contributed by atoms with van der Waals surface area (Å²) in [4.78, 5) is 34.4. The first-order valence-corrected chi connectivity index (χ1v) is 17.1. The summed E-state index contributed by atoms with van der Waals surface area (Å²) >= 11 is 0. The van der Waals surface area contributed by atoms with E-state index >= 15 is 4.39 Å². The number of anilines is 2. The van der Waals surface area contributed by atoms with Crippen molar-refractivity contribution in [1.82, 2.24) is 29.3 Å². The van der Waals surface area contributed by atoms with Crippen LogP contribution in [0.15, 0.2) is 48.9 Å². The van der Waals surface area contributed by atoms with Crippen molar-refractivity contribution in [3.8, 4) is 17.0 Å². The number of aliphatic hydroxyl groups is 1. The molecule has 1 aliphatic carbocycles. The molecular formula is C36H45FN8O3. The van der Waals surface area contributed by atoms with Gasteiger partial charge in [0.15, 0.2) is 5.82 Å². The Balaban J connectivity index is 1.17. The normalized spacial score (nSPS) is 23.0. The van der Waals surface area contributed by atoms with E-state index in [4.69, 9.17) is 9.72 Å². The van der Waals surface area contributed by atoms with Crippen molar-refractivity contribution >= 4 is 28.6 Å². The predicted octanol–water partition coefficient (Wildman–Crippen LogP) is 4.98. The number of halogens is 1. The third-order valence-electron chi connectivity index (χ3n) is 10.6. The maximum Gasteiger partial charge on any atom is 0.261 e. The number of pyridine rings is 2. The molecule has 1 saturated carbocycles. The molecule has 0 spiro atoms. The van der Waals surface area contributed by atoms with Crippen molar-refractivity contribution in [1.29, 1.82) is 0 Å². The first-order valence-electron chi connectivity index (χ1n) is 17.1. The summed E-state index contributed by atoms with van der Waals surface area (Å²) in [6, 6.07) is 9.94. The van der Waals surface area contributed by atoms with Gasteiger partial charge in [-0.2, -0.15) is 0 Å². The van der Waals surface area contributed by atoms with E-state index in [1.165, 1.54) is 25.6 Å². The lowest BCUT2D eigenvalue weighted by molar-refractivity contribution is 0.0106. The number of carbonyl (C=O) groups is 1. The molecule has 254 valence electrons. The summed E-state index contributed by atoms with van der Waals surface area (Å²) in [5.74, 6) is -0.614. The fraction of sp³-hybridized carbons (Fsp3) is 0.500. The van der Waals surface area contributed by atoms with Gasteiger partial charge < -0.3 is 24.2 Å². The van der Waals surface area contributed by atoms with Crippen LogP contribution in [0.4, 0.5) is 16.0 Å². The molecule has 3 aromatic heterocycles. The van der Waals surface area contributed by atoms with Gasteiger partial charge in [-0.1, -0.05) is 0 Å². The lowest BCUT2D eigenvalue weighted by Gasteiger charge is -2.42. The van der Waals surface area contributed by atoms with E-state index in [0.29, 0.717) is 36.1 Å². The van der Waals surface area contributed by atoms with Gasteiger partial charge in [0.05, 0.1) is 34.9 Å². The molecule has 0 atom stereocenters. The van der Waals surface area contributed by atoms with Gasteiger partial charge in [-0.25, -0.2) is 9.37 Å². The van der Waals surface area contributed by atoms with Crippen molar-refractivity contribution < 1.29 is 19.0 Å². The van der Waals surface area contributed by atoms with E-state index in [1.807, 2.05) is 13.0 Å². The molecule has 0 radical (unpaired) electrons. The number of imidazole rings is 1. The number of aromatic nitrogens is 4. The van der Waals surface area contributed by atoms with Crippen molar-refractivity contribution in [3.05, 3.63) is 60.3 Å². The van der Waals surface area contributed by atoms with Crippen LogP contribution < -0.4 is 15.0 Å². The lowest BCUT2D eigenvalue weighted by atomic mass is 9.83. The van der Waals surface area contributed by atoms with E-state index < -0.39 is 17.3 Å². The van der Waals surface area contributed by atoms with Gasteiger partial charge in [0.2, 0.25) is 5.95 Å². The number of piperidine rings is 1. The van der Waals surface area contributed by atoms with Crippen LogP contribution in [0.25, 0.3) is 22.3 Å². The predicted molar refractivity (Wildman–Crippen MR) is 184 cm³/mol. The Morgan fingerprint density at radius 2 is 1.75 bits per heavy atom. The molecule has 3 aliphatic rings. The monoisotopic (exact) mass is 656 g/mol. The van der Waals surface area contributed by atoms with Crippen LogP contribution >= 0.6 is 0 Å². The summed E-state index contributed by atoms with van der Waals surface area (Å²) in [7, 11) is 3.69. The van der Waals surface area contributed by atoms with Crippen LogP contribution in [0, 0.1) is 5.82 Å². The third-order valence-corrected chi connectivity index (χ3v) is 10.6. The van der Waals surface area contributed by atoms with Gasteiger partial charge >= 0.3 is 0 Å². The molecule has 1 aromatic carbocycles. The van der Waals surface area contributed by atoms with Gasteiger partial charge in [-0.3, -0.25) is 25.0 Å². The molecule has 2 saturated heterocycles. The second-order valence-corrected chi connectivity index (χ2v) is 13.8. The maximum absolute atomic E-state index is 15.9. The number of benzene rings is 1. The number of carbonyl (C=O) groups excluding carboxylic acids is 1. The Morgan fingerprint density at radius 1 is 1.00 bits per heavy atom. The zero-order valence-corrected chi connectivity index (χ0v) is 28.0. The smallest absolute Gasteiger partial charge is 0.261 e. The van der Waals surface area contributed by atoms with E-state index in [-0.39, 0.29) is 17.3 Å². The average molecular weight is 657 g/mol. The summed E-state index contributed by atoms with van der Waals surface area (Å²) < 4.78 is 23.4. The number of nitrogens with one attached hydrogen (secondary N) is 1. The first kappa shape index (κ1) is 32.4. The summed E-state index contributed by atoms with van der Waals surface area (Å²) in [6.45, 7) is 8.38. The molecule has 0 bridgehead atoms. The van der Waals surface area contributed by atoms with E-state index in [9.17, 15) is 9.90 Å². The van der Waals surface area contributed by atoms with Gasteiger partial charge in [-0.15, -0.1) is 0 Å². The Morgan fingerprint density at radius 3 is 2.48 bits per heavy atom. The van der Waals surface area contributed by atoms with Gasteiger partial charge in [-0.05, 0) is 82.8 Å². The Hall–Kier alpha value is -4.13. The van der Waals surface area contributed by atoms with Crippen LogP contribution in [0.1, 0.15) is 61.8 Å². The zero-order chi connectivity index (χ0) is 33.4. The SMILES string of the molecule is COc1ccncc1-c1nccc(C(=O)Nc2nc3ccc(N4CCC(N5CCN(C)CC5)CC4)cc3n2[C@H]2CC[C@@](C)(O)CC2)c1F. The number of piperazine rings is 1. The first-order chi connectivity index (χ1) is 23.2. The number of hydrogen-bond donors (Lipinski definition) is 2. The minimum atomic E-state index is -0.764. The Labute approximate surface area is 280 Å². The highest BCUT2D eigenvalue weighted by Gasteiger charge is 2.33. The molecular weight excluding hydrogens is 611 g/mol. The van der Waals surface area contributed by atoms with Crippen LogP contribution in [-0.4, -0.2) is 105 Å². The van der Waals surface area contributed by atoms with Crippen molar-refractivity contribution in [2.75, 3.05) is 63.6 Å². The highest BCUT2D eigenvalue weighted by molar-refractivity contribution is 6.05. The number of amides is 1. The molecule has 3 fully saturated rings. The number of likely N-dealkylation sites (N-methyl/N-ethyl adjacent to an activating group) is 1. The lowest BCUT2D eigenvalue weighted by Crippen LogP contribution is -2.52. The molecule has 1 amide bonds. The van der Waals surface area contributed by atoms with E-state index in [0.717, 1.165) is 81.7 Å². The summed E-state index contributed by atoms with van der Waals surface area (Å²) in [5, 5.41) is 13.7. The standard InChI is InChI=1S/C36H45FN8O3/c1-36(47)12-6-25(7-13-36)45-30-22-26(43-16-10-24(11-17-43)44-20-18-42(2)19-21-44)4-5-29(30)40-35(45)41-34(46)27-8-15-39-33(32(27)37)28-23-38-14-9-31(28)48-3/h4-5,8-9,14-15,22-25,47H,6-7,10-13,16-21H2,1-3H3,(H,40,41,46)/t25-,36+. The van der Waals surface area contributed by atoms with Gasteiger partial charge in [0.25, 0.3) is 5.91 Å². The minimum absolute atomic E-state index is 0.0150.